The van der Waals surface area contributed by atoms with Gasteiger partial charge in [0.2, 0.25) is 0 Å². The number of nitrogens with zero attached hydrogens (tertiary/aromatic N) is 9. The number of hydrogen-bond donors (Lipinski definition) is 0. The van der Waals surface area contributed by atoms with Gasteiger partial charge in [-0.15, -0.1) is 0 Å². The molecular formula is C136H83N9. The molecule has 0 spiro atoms. The van der Waals surface area contributed by atoms with Gasteiger partial charge in [0, 0.05) is 38.9 Å². The number of aromatic nitrogens is 9. The number of hydrogen-bond acceptors (Lipinski definition) is 6. The summed E-state index contributed by atoms with van der Waals surface area (Å²) in [6, 6.07) is 179. The highest BCUT2D eigenvalue weighted by Gasteiger charge is 2.25. The zero-order valence-electron chi connectivity index (χ0n) is 78.4. The van der Waals surface area contributed by atoms with Crippen LogP contribution in [0.2, 0.25) is 0 Å². The van der Waals surface area contributed by atoms with E-state index in [1.807, 2.05) is 42.6 Å². The molecule has 0 unspecified atom stereocenters. The van der Waals surface area contributed by atoms with E-state index in [2.05, 4.69) is 474 Å². The Morgan fingerprint density at radius 2 is 0.434 bits per heavy atom. The summed E-state index contributed by atoms with van der Waals surface area (Å²) in [4.78, 5) is 30.3. The molecule has 7 aromatic heterocycles. The van der Waals surface area contributed by atoms with Crippen LogP contribution in [0.1, 0.15) is 0 Å². The number of rotatable bonds is 9. The van der Waals surface area contributed by atoms with Gasteiger partial charge in [0.05, 0.1) is 44.1 Å². The van der Waals surface area contributed by atoms with Crippen LogP contribution < -0.4 is 0 Å². The maximum Gasteiger partial charge on any atom is 0.149 e. The molecule has 9 heteroatoms. The Balaban J connectivity index is 0.000000105. The van der Waals surface area contributed by atoms with Gasteiger partial charge in [-0.25, -0.2) is 29.9 Å². The second-order valence-corrected chi connectivity index (χ2v) is 37.8. The number of pyridine rings is 2. The average molecular weight is 1840 g/mol. The van der Waals surface area contributed by atoms with Gasteiger partial charge in [-0.05, 0) is 295 Å². The number of para-hydroxylation sites is 8. The fourth-order valence-electron chi connectivity index (χ4n) is 22.9. The zero-order valence-corrected chi connectivity index (χ0v) is 78.4. The highest BCUT2D eigenvalue weighted by molar-refractivity contribution is 6.25. The molecule has 0 atom stereocenters. The highest BCUT2D eigenvalue weighted by Crippen LogP contribution is 2.50. The smallest absolute Gasteiger partial charge is 0.149 e. The predicted octanol–water partition coefficient (Wildman–Crippen LogP) is 35.6. The highest BCUT2D eigenvalue weighted by atomic mass is 15.1. The van der Waals surface area contributed by atoms with Crippen LogP contribution in [0.15, 0.2) is 504 Å². The minimum absolute atomic E-state index is 0.882. The molecule has 0 radical (unpaired) electrons. The molecular weight excluding hydrogens is 1760 g/mol. The largest absolute Gasteiger partial charge is 0.276 e. The Kier molecular flexibility index (Phi) is 19.2. The Labute approximate surface area is 832 Å². The second-order valence-electron chi connectivity index (χ2n) is 37.8. The summed E-state index contributed by atoms with van der Waals surface area (Å²) < 4.78 is 6.60. The first-order chi connectivity index (χ1) is 71.9. The average Bonchev–Trinajstić information content (AvgIpc) is 1.43. The first-order valence-corrected chi connectivity index (χ1v) is 49.4. The van der Waals surface area contributed by atoms with Crippen molar-refractivity contribution in [1.82, 2.24) is 43.1 Å². The fraction of sp³-hybridized carbons (Fsp3) is 0. The van der Waals surface area contributed by atoms with E-state index in [0.29, 0.717) is 0 Å². The topological polar surface area (TPSA) is 90.6 Å². The van der Waals surface area contributed by atoms with Crippen molar-refractivity contribution in [2.75, 3.05) is 0 Å². The van der Waals surface area contributed by atoms with Gasteiger partial charge in [-0.1, -0.05) is 382 Å². The van der Waals surface area contributed by atoms with Crippen LogP contribution in [0.25, 0.3) is 291 Å². The number of fused-ring (bicyclic) bond motifs is 28. The first-order valence-electron chi connectivity index (χ1n) is 49.4. The van der Waals surface area contributed by atoms with Crippen molar-refractivity contribution >= 4 is 191 Å². The lowest BCUT2D eigenvalue weighted by Crippen LogP contribution is -1.98. The summed E-state index contributed by atoms with van der Waals surface area (Å²) in [5.74, 6) is 1.77. The summed E-state index contributed by atoms with van der Waals surface area (Å²) in [6.45, 7) is 0. The van der Waals surface area contributed by atoms with Gasteiger partial charge in [0.15, 0.2) is 0 Å². The zero-order chi connectivity index (χ0) is 95.3. The van der Waals surface area contributed by atoms with E-state index in [0.717, 1.165) is 122 Å². The summed E-state index contributed by atoms with van der Waals surface area (Å²) in [5, 5.41) is 28.1. The molecule has 0 aliphatic rings. The molecule has 0 aliphatic heterocycles. The van der Waals surface area contributed by atoms with Crippen molar-refractivity contribution in [3.05, 3.63) is 504 Å². The van der Waals surface area contributed by atoms with Crippen molar-refractivity contribution in [2.45, 2.75) is 0 Å². The lowest BCUT2D eigenvalue weighted by molar-refractivity contribution is 1.16. The van der Waals surface area contributed by atoms with E-state index >= 15 is 0 Å². The number of benzene rings is 24. The Morgan fingerprint density at radius 1 is 0.138 bits per heavy atom. The van der Waals surface area contributed by atoms with Crippen molar-refractivity contribution < 1.29 is 0 Å². The SMILES string of the molecule is c1ccc2c(c1)cc(-c1ccc(-c3ccc4c(c3)c3cccnc3n3c5ccccc5nc43)cc1)c1ccccc12.c1ccc2cc(-c3c4ccccc4c(-c4ccc(-c5nc6ccccc6c6nc7ccccc7n56)cc4)c4ccccc34)ccc2c1.c1ccc2cc(-c3c4ccccc4c(-c4ccc5ccccc5c4)c4cc(-c5ccc(-c6nc7ccccc7c7nc8ccccc8n67)cc5)ccc34)ccc2c1. The van der Waals surface area contributed by atoms with Crippen molar-refractivity contribution in [2.24, 2.45) is 0 Å². The summed E-state index contributed by atoms with van der Waals surface area (Å²) >= 11 is 0. The molecule has 0 saturated carbocycles. The third-order valence-electron chi connectivity index (χ3n) is 29.7. The van der Waals surface area contributed by atoms with E-state index in [1.54, 1.807) is 0 Å². The number of imidazole rings is 3. The lowest BCUT2D eigenvalue weighted by atomic mass is 9.84. The molecule has 0 fully saturated rings. The van der Waals surface area contributed by atoms with Gasteiger partial charge in [0.25, 0.3) is 0 Å². The standard InChI is InChI=1S/C54H33N3.C44H27N3.C38H23N3/c1-3-13-38-31-41(27-23-34(38)11-1)51-43-15-5-6-16-44(43)52(42-28-24-35-12-2-4-14-39(35)32-42)47-33-40(29-30-45(47)51)36-21-25-37(26-22-36)53-55-48-18-8-7-17-46(48)54-56-49-19-9-10-20-50(49)57(53)54;1-2-12-31-27-32(26-21-28(31)11-1)42-35-15-5-3-13-33(35)41(34-14-4-6-16-36(34)42)29-22-24-30(25-23-29)43-45-38-18-8-7-17-37(38)44-46-39-19-9-10-20-40(39)47(43)44;1-2-9-28-27(8-1)23-33(30-11-4-3-10-29(28)30)25-17-15-24(16-18-25)26-19-20-32-34(22-26)31-12-7-21-39-37(31)41-36-14-6-5-13-35(36)40-38(32)41/h1-33H;1-27H;1-23H. The summed E-state index contributed by atoms with van der Waals surface area (Å²) in [5.41, 5.74) is 30.8. The molecule has 0 saturated heterocycles. The van der Waals surface area contributed by atoms with Crippen LogP contribution in [0.4, 0.5) is 0 Å². The van der Waals surface area contributed by atoms with Crippen molar-refractivity contribution in [3.63, 3.8) is 0 Å². The van der Waals surface area contributed by atoms with Crippen molar-refractivity contribution in [1.29, 1.82) is 0 Å². The van der Waals surface area contributed by atoms with Crippen LogP contribution in [-0.2, 0) is 0 Å². The van der Waals surface area contributed by atoms with E-state index in [-0.39, 0.29) is 0 Å². The van der Waals surface area contributed by atoms with E-state index < -0.39 is 0 Å². The molecule has 9 nitrogen and oxygen atoms in total. The van der Waals surface area contributed by atoms with Crippen LogP contribution in [0.3, 0.4) is 0 Å². The quantitative estimate of drug-likeness (QED) is 0.106. The van der Waals surface area contributed by atoms with Crippen LogP contribution >= 0.6 is 0 Å². The van der Waals surface area contributed by atoms with E-state index in [1.165, 1.54) is 169 Å². The third-order valence-corrected chi connectivity index (χ3v) is 29.7. The molecule has 24 aromatic carbocycles. The minimum atomic E-state index is 0.882. The van der Waals surface area contributed by atoms with Crippen LogP contribution in [-0.4, -0.2) is 43.1 Å². The van der Waals surface area contributed by atoms with Crippen molar-refractivity contribution in [3.8, 4) is 101 Å². The molecule has 672 valence electrons. The predicted molar refractivity (Wildman–Crippen MR) is 608 cm³/mol. The molecule has 0 aliphatic carbocycles. The molecule has 0 N–H and O–H groups in total. The Bertz CT molecular complexity index is 10800. The Morgan fingerprint density at radius 3 is 0.897 bits per heavy atom. The summed E-state index contributed by atoms with van der Waals surface area (Å²) in [7, 11) is 0. The molecule has 31 rings (SSSR count). The lowest BCUT2D eigenvalue weighted by Gasteiger charge is -2.19. The molecule has 31 aromatic rings. The Hall–Kier alpha value is -19.5. The van der Waals surface area contributed by atoms with Gasteiger partial charge in [-0.2, -0.15) is 0 Å². The molecule has 0 bridgehead atoms. The monoisotopic (exact) mass is 1840 g/mol. The van der Waals surface area contributed by atoms with Gasteiger partial charge >= 0.3 is 0 Å². The van der Waals surface area contributed by atoms with E-state index in [4.69, 9.17) is 29.9 Å². The second kappa shape index (κ2) is 33.7. The fourth-order valence-corrected chi connectivity index (χ4v) is 22.9. The normalized spacial score (nSPS) is 11.9. The third kappa shape index (κ3) is 13.7. The molecule has 0 amide bonds. The van der Waals surface area contributed by atoms with Gasteiger partial charge in [-0.3, -0.25) is 13.2 Å². The molecule has 7 heterocycles. The summed E-state index contributed by atoms with van der Waals surface area (Å²) in [6.07, 6.45) is 1.86. The van der Waals surface area contributed by atoms with Crippen LogP contribution in [0, 0.1) is 0 Å². The minimum Gasteiger partial charge on any atom is -0.276 e. The van der Waals surface area contributed by atoms with Gasteiger partial charge in [0.1, 0.15) is 34.2 Å². The molecule has 145 heavy (non-hydrogen) atoms. The van der Waals surface area contributed by atoms with Gasteiger partial charge < -0.3 is 0 Å². The maximum absolute atomic E-state index is 5.22. The first kappa shape index (κ1) is 82.6. The maximum atomic E-state index is 5.22. The van der Waals surface area contributed by atoms with Crippen LogP contribution in [0.5, 0.6) is 0 Å². The van der Waals surface area contributed by atoms with E-state index in [9.17, 15) is 0 Å².